The predicted molar refractivity (Wildman–Crippen MR) is 87.3 cm³/mol. The SMILES string of the molecule is Cc1nnc(SCC(=O)Nc2ccccc2Br)n1CCN. The molecule has 0 saturated carbocycles. The summed E-state index contributed by atoms with van der Waals surface area (Å²) in [5.41, 5.74) is 6.31. The van der Waals surface area contributed by atoms with E-state index in [1.807, 2.05) is 35.8 Å². The molecule has 2 rings (SSSR count). The fourth-order valence-corrected chi connectivity index (χ4v) is 2.93. The highest BCUT2D eigenvalue weighted by Crippen LogP contribution is 2.22. The molecule has 2 aromatic rings. The zero-order chi connectivity index (χ0) is 15.2. The van der Waals surface area contributed by atoms with Crippen LogP contribution in [0.15, 0.2) is 33.9 Å². The molecule has 8 heteroatoms. The molecule has 0 bridgehead atoms. The van der Waals surface area contributed by atoms with Crippen molar-refractivity contribution in [2.75, 3.05) is 17.6 Å². The van der Waals surface area contributed by atoms with Crippen molar-refractivity contribution in [2.24, 2.45) is 5.73 Å². The molecule has 1 aromatic carbocycles. The van der Waals surface area contributed by atoms with Gasteiger partial charge < -0.3 is 15.6 Å². The molecule has 0 saturated heterocycles. The van der Waals surface area contributed by atoms with Gasteiger partial charge in [0.2, 0.25) is 5.91 Å². The molecular formula is C13H16BrN5OS. The average Bonchev–Trinajstić information content (AvgIpc) is 2.81. The molecule has 0 aliphatic carbocycles. The van der Waals surface area contributed by atoms with E-state index >= 15 is 0 Å². The van der Waals surface area contributed by atoms with E-state index in [9.17, 15) is 4.79 Å². The maximum Gasteiger partial charge on any atom is 0.234 e. The summed E-state index contributed by atoms with van der Waals surface area (Å²) >= 11 is 4.74. The van der Waals surface area contributed by atoms with E-state index in [2.05, 4.69) is 31.4 Å². The number of carbonyl (C=O) groups excluding carboxylic acids is 1. The number of carbonyl (C=O) groups is 1. The number of hydrogen-bond donors (Lipinski definition) is 2. The molecule has 1 heterocycles. The van der Waals surface area contributed by atoms with E-state index in [4.69, 9.17) is 5.73 Å². The fraction of sp³-hybridized carbons (Fsp3) is 0.308. The summed E-state index contributed by atoms with van der Waals surface area (Å²) in [6.07, 6.45) is 0. The zero-order valence-corrected chi connectivity index (χ0v) is 13.9. The first kappa shape index (κ1) is 16.0. The summed E-state index contributed by atoms with van der Waals surface area (Å²) in [4.78, 5) is 12.0. The largest absolute Gasteiger partial charge is 0.329 e. The van der Waals surface area contributed by atoms with Gasteiger partial charge in [0.25, 0.3) is 0 Å². The quantitative estimate of drug-likeness (QED) is 0.760. The Morgan fingerprint density at radius 2 is 2.19 bits per heavy atom. The molecule has 21 heavy (non-hydrogen) atoms. The topological polar surface area (TPSA) is 85.8 Å². The van der Waals surface area contributed by atoms with Crippen LogP contribution in [0.1, 0.15) is 5.82 Å². The molecule has 112 valence electrons. The highest BCUT2D eigenvalue weighted by molar-refractivity contribution is 9.10. The molecule has 0 atom stereocenters. The van der Waals surface area contributed by atoms with Crippen LogP contribution in [0.4, 0.5) is 5.69 Å². The van der Waals surface area contributed by atoms with Crippen LogP contribution >= 0.6 is 27.7 Å². The molecule has 1 aromatic heterocycles. The van der Waals surface area contributed by atoms with Crippen LogP contribution in [-0.2, 0) is 11.3 Å². The van der Waals surface area contributed by atoms with Crippen molar-refractivity contribution in [1.82, 2.24) is 14.8 Å². The molecule has 1 amide bonds. The van der Waals surface area contributed by atoms with Crippen LogP contribution in [0.2, 0.25) is 0 Å². The number of aryl methyl sites for hydroxylation is 1. The third kappa shape index (κ3) is 4.29. The summed E-state index contributed by atoms with van der Waals surface area (Å²) in [6.45, 7) is 3.02. The molecule has 0 fully saturated rings. The minimum Gasteiger partial charge on any atom is -0.329 e. The first-order valence-electron chi connectivity index (χ1n) is 6.39. The summed E-state index contributed by atoms with van der Waals surface area (Å²) in [5.74, 6) is 0.977. The van der Waals surface area contributed by atoms with Crippen molar-refractivity contribution in [2.45, 2.75) is 18.6 Å². The van der Waals surface area contributed by atoms with Crippen LogP contribution in [0.5, 0.6) is 0 Å². The van der Waals surface area contributed by atoms with E-state index in [1.54, 1.807) is 0 Å². The summed E-state index contributed by atoms with van der Waals surface area (Å²) in [6, 6.07) is 7.49. The van der Waals surface area contributed by atoms with Crippen LogP contribution < -0.4 is 11.1 Å². The van der Waals surface area contributed by atoms with Gasteiger partial charge in [0.15, 0.2) is 5.16 Å². The van der Waals surface area contributed by atoms with E-state index in [0.717, 1.165) is 16.0 Å². The second-order valence-corrected chi connectivity index (χ2v) is 6.08. The zero-order valence-electron chi connectivity index (χ0n) is 11.5. The second kappa shape index (κ2) is 7.58. The molecule has 0 spiro atoms. The first-order chi connectivity index (χ1) is 10.1. The van der Waals surface area contributed by atoms with Gasteiger partial charge in [-0.25, -0.2) is 0 Å². The Kier molecular flexibility index (Phi) is 5.77. The summed E-state index contributed by atoms with van der Waals surface area (Å²) < 4.78 is 2.77. The molecular weight excluding hydrogens is 354 g/mol. The molecule has 0 radical (unpaired) electrons. The standard InChI is InChI=1S/C13H16BrN5OS/c1-9-17-18-13(19(9)7-6-15)21-8-12(20)16-11-5-3-2-4-10(11)14/h2-5H,6-8,15H2,1H3,(H,16,20). The molecule has 0 aliphatic heterocycles. The van der Waals surface area contributed by atoms with Crippen LogP contribution in [0, 0.1) is 6.92 Å². The summed E-state index contributed by atoms with van der Waals surface area (Å²) in [7, 11) is 0. The number of nitrogens with zero attached hydrogens (tertiary/aromatic N) is 3. The lowest BCUT2D eigenvalue weighted by atomic mass is 10.3. The number of halogens is 1. The Hall–Kier alpha value is -1.38. The van der Waals surface area contributed by atoms with Gasteiger partial charge in [0, 0.05) is 17.6 Å². The first-order valence-corrected chi connectivity index (χ1v) is 8.16. The molecule has 6 nitrogen and oxygen atoms in total. The van der Waals surface area contributed by atoms with Gasteiger partial charge in [-0.1, -0.05) is 23.9 Å². The minimum absolute atomic E-state index is 0.0909. The van der Waals surface area contributed by atoms with E-state index in [-0.39, 0.29) is 11.7 Å². The highest BCUT2D eigenvalue weighted by atomic mass is 79.9. The van der Waals surface area contributed by atoms with Crippen molar-refractivity contribution in [3.05, 3.63) is 34.6 Å². The van der Waals surface area contributed by atoms with Gasteiger partial charge in [0.05, 0.1) is 11.4 Å². The average molecular weight is 370 g/mol. The predicted octanol–water partition coefficient (Wildman–Crippen LogP) is 2.04. The Morgan fingerprint density at radius 1 is 1.43 bits per heavy atom. The fourth-order valence-electron chi connectivity index (χ4n) is 1.73. The number of aromatic nitrogens is 3. The number of nitrogens with one attached hydrogen (secondary N) is 1. The number of amides is 1. The third-order valence-corrected chi connectivity index (χ3v) is 4.39. The van der Waals surface area contributed by atoms with Crippen molar-refractivity contribution >= 4 is 39.3 Å². The van der Waals surface area contributed by atoms with Crippen LogP contribution in [-0.4, -0.2) is 33.0 Å². The van der Waals surface area contributed by atoms with Crippen LogP contribution in [0.25, 0.3) is 0 Å². The Balaban J connectivity index is 1.94. The van der Waals surface area contributed by atoms with Crippen molar-refractivity contribution in [1.29, 1.82) is 0 Å². The van der Waals surface area contributed by atoms with Crippen molar-refractivity contribution in [3.63, 3.8) is 0 Å². The van der Waals surface area contributed by atoms with Gasteiger partial charge >= 0.3 is 0 Å². The number of thioether (sulfide) groups is 1. The second-order valence-electron chi connectivity index (χ2n) is 4.29. The number of hydrogen-bond acceptors (Lipinski definition) is 5. The maximum atomic E-state index is 12.0. The lowest BCUT2D eigenvalue weighted by molar-refractivity contribution is -0.113. The number of para-hydroxylation sites is 1. The lowest BCUT2D eigenvalue weighted by Gasteiger charge is -2.08. The van der Waals surface area contributed by atoms with E-state index in [1.165, 1.54) is 11.8 Å². The monoisotopic (exact) mass is 369 g/mol. The Morgan fingerprint density at radius 3 is 2.90 bits per heavy atom. The van der Waals surface area contributed by atoms with Crippen LogP contribution in [0.3, 0.4) is 0 Å². The van der Waals surface area contributed by atoms with Gasteiger partial charge in [0.1, 0.15) is 5.82 Å². The number of rotatable bonds is 6. The minimum atomic E-state index is -0.0909. The summed E-state index contributed by atoms with van der Waals surface area (Å²) in [5, 5.41) is 11.6. The number of nitrogens with two attached hydrogens (primary N) is 1. The smallest absolute Gasteiger partial charge is 0.234 e. The molecule has 3 N–H and O–H groups in total. The van der Waals surface area contributed by atoms with Gasteiger partial charge in [-0.2, -0.15) is 0 Å². The normalized spacial score (nSPS) is 10.6. The van der Waals surface area contributed by atoms with Crippen molar-refractivity contribution in [3.8, 4) is 0 Å². The van der Waals surface area contributed by atoms with Gasteiger partial charge in [-0.05, 0) is 35.0 Å². The molecule has 0 unspecified atom stereocenters. The number of benzene rings is 1. The van der Waals surface area contributed by atoms with Gasteiger partial charge in [-0.15, -0.1) is 10.2 Å². The number of anilines is 1. The highest BCUT2D eigenvalue weighted by Gasteiger charge is 2.12. The van der Waals surface area contributed by atoms with E-state index < -0.39 is 0 Å². The lowest BCUT2D eigenvalue weighted by Crippen LogP contribution is -2.16. The molecule has 0 aliphatic rings. The van der Waals surface area contributed by atoms with Crippen molar-refractivity contribution < 1.29 is 4.79 Å². The maximum absolute atomic E-state index is 12.0. The Labute approximate surface area is 135 Å². The van der Waals surface area contributed by atoms with Gasteiger partial charge in [-0.3, -0.25) is 4.79 Å². The Bertz CT molecular complexity index is 631. The van der Waals surface area contributed by atoms with E-state index in [0.29, 0.717) is 18.2 Å². The third-order valence-electron chi connectivity index (χ3n) is 2.73.